The number of halogens is 1. The van der Waals surface area contributed by atoms with Gasteiger partial charge in [-0.15, -0.1) is 0 Å². The average Bonchev–Trinajstić information content (AvgIpc) is 2.60. The Morgan fingerprint density at radius 1 is 1.00 bits per heavy atom. The number of carbonyl (C=O) groups excluding carboxylic acids is 2. The maximum atomic E-state index is 13.0. The van der Waals surface area contributed by atoms with E-state index < -0.39 is 17.8 Å². The summed E-state index contributed by atoms with van der Waals surface area (Å²) in [7, 11) is 0. The second-order valence-electron chi connectivity index (χ2n) is 6.19. The van der Waals surface area contributed by atoms with Crippen LogP contribution in [0.1, 0.15) is 42.9 Å². The first-order valence-electron chi connectivity index (χ1n) is 8.16. The van der Waals surface area contributed by atoms with Crippen LogP contribution in [0.2, 0.25) is 0 Å². The van der Waals surface area contributed by atoms with E-state index >= 15 is 0 Å². The van der Waals surface area contributed by atoms with Crippen molar-refractivity contribution in [1.82, 2.24) is 15.6 Å². The summed E-state index contributed by atoms with van der Waals surface area (Å²) in [6.07, 6.45) is 1.66. The maximum absolute atomic E-state index is 13.0. The van der Waals surface area contributed by atoms with E-state index in [1.54, 1.807) is 12.3 Å². The maximum Gasteiger partial charge on any atom is 0.251 e. The number of benzene rings is 1. The quantitative estimate of drug-likeness (QED) is 0.847. The van der Waals surface area contributed by atoms with Crippen LogP contribution in [-0.2, 0) is 4.79 Å². The van der Waals surface area contributed by atoms with Crippen LogP contribution < -0.4 is 10.6 Å². The number of nitrogens with zero attached hydrogens (tertiary/aromatic N) is 1. The Labute approximate surface area is 146 Å². The van der Waals surface area contributed by atoms with Gasteiger partial charge in [0.15, 0.2) is 0 Å². The fraction of sp³-hybridized carbons (Fsp3) is 0.316. The lowest BCUT2D eigenvalue weighted by Gasteiger charge is -2.24. The average molecular weight is 343 g/mol. The molecule has 0 saturated carbocycles. The van der Waals surface area contributed by atoms with Crippen molar-refractivity contribution in [2.24, 2.45) is 5.92 Å². The van der Waals surface area contributed by atoms with Crippen molar-refractivity contribution in [2.75, 3.05) is 0 Å². The van der Waals surface area contributed by atoms with E-state index in [2.05, 4.69) is 15.6 Å². The molecule has 0 fully saturated rings. The molecule has 2 unspecified atom stereocenters. The normalized spacial score (nSPS) is 13.2. The number of aromatic nitrogens is 1. The molecule has 1 heterocycles. The van der Waals surface area contributed by atoms with Crippen LogP contribution in [0.25, 0.3) is 0 Å². The molecule has 0 aliphatic rings. The zero-order valence-corrected chi connectivity index (χ0v) is 14.5. The fourth-order valence-corrected chi connectivity index (χ4v) is 2.37. The Morgan fingerprint density at radius 3 is 2.24 bits per heavy atom. The second-order valence-corrected chi connectivity index (χ2v) is 6.19. The zero-order chi connectivity index (χ0) is 18.4. The van der Waals surface area contributed by atoms with Crippen molar-refractivity contribution in [3.8, 4) is 0 Å². The zero-order valence-electron chi connectivity index (χ0n) is 14.5. The Hall–Kier alpha value is -2.76. The molecule has 132 valence electrons. The summed E-state index contributed by atoms with van der Waals surface area (Å²) in [5.41, 5.74) is 1.04. The first-order valence-corrected chi connectivity index (χ1v) is 8.16. The molecule has 0 bridgehead atoms. The van der Waals surface area contributed by atoms with Crippen molar-refractivity contribution < 1.29 is 14.0 Å². The number of amides is 2. The van der Waals surface area contributed by atoms with Crippen molar-refractivity contribution in [1.29, 1.82) is 0 Å². The van der Waals surface area contributed by atoms with E-state index in [1.807, 2.05) is 32.9 Å². The highest BCUT2D eigenvalue weighted by Crippen LogP contribution is 2.11. The molecule has 2 aromatic rings. The van der Waals surface area contributed by atoms with Gasteiger partial charge < -0.3 is 10.6 Å². The summed E-state index contributed by atoms with van der Waals surface area (Å²) in [6, 6.07) is 9.69. The van der Waals surface area contributed by atoms with Crippen LogP contribution in [-0.4, -0.2) is 22.8 Å². The smallest absolute Gasteiger partial charge is 0.251 e. The molecule has 2 amide bonds. The predicted molar refractivity (Wildman–Crippen MR) is 93.3 cm³/mol. The van der Waals surface area contributed by atoms with Gasteiger partial charge in [0.2, 0.25) is 5.91 Å². The van der Waals surface area contributed by atoms with Gasteiger partial charge >= 0.3 is 0 Å². The molecule has 0 saturated heterocycles. The molecular weight excluding hydrogens is 321 g/mol. The minimum Gasteiger partial charge on any atom is -0.346 e. The third kappa shape index (κ3) is 5.11. The molecule has 25 heavy (non-hydrogen) atoms. The number of pyridine rings is 1. The summed E-state index contributed by atoms with van der Waals surface area (Å²) in [5, 5.41) is 5.58. The third-order valence-corrected chi connectivity index (χ3v) is 3.83. The molecule has 0 aliphatic carbocycles. The van der Waals surface area contributed by atoms with Crippen LogP contribution in [0.3, 0.4) is 0 Å². The van der Waals surface area contributed by atoms with Gasteiger partial charge in [-0.1, -0.05) is 19.9 Å². The van der Waals surface area contributed by atoms with Gasteiger partial charge in [0.1, 0.15) is 11.9 Å². The summed E-state index contributed by atoms with van der Waals surface area (Å²) in [4.78, 5) is 29.1. The Balaban J connectivity index is 2.05. The van der Waals surface area contributed by atoms with Gasteiger partial charge in [-0.3, -0.25) is 14.6 Å². The van der Waals surface area contributed by atoms with E-state index in [0.29, 0.717) is 5.56 Å². The Bertz CT molecular complexity index is 717. The first-order chi connectivity index (χ1) is 11.9. The van der Waals surface area contributed by atoms with Crippen LogP contribution in [0, 0.1) is 11.7 Å². The monoisotopic (exact) mass is 343 g/mol. The molecule has 0 spiro atoms. The number of nitrogens with one attached hydrogen (secondary N) is 2. The van der Waals surface area contributed by atoms with Gasteiger partial charge in [0.05, 0.1) is 11.7 Å². The molecule has 1 aromatic carbocycles. The van der Waals surface area contributed by atoms with E-state index in [9.17, 15) is 14.0 Å². The molecule has 2 N–H and O–H groups in total. The van der Waals surface area contributed by atoms with Gasteiger partial charge in [-0.2, -0.15) is 0 Å². The Kier molecular flexibility index (Phi) is 6.22. The molecule has 0 aliphatic heterocycles. The van der Waals surface area contributed by atoms with Crippen molar-refractivity contribution in [3.63, 3.8) is 0 Å². The highest BCUT2D eigenvalue weighted by Gasteiger charge is 2.26. The highest BCUT2D eigenvalue weighted by molar-refractivity contribution is 5.97. The molecule has 2 atom stereocenters. The topological polar surface area (TPSA) is 71.1 Å². The van der Waals surface area contributed by atoms with Gasteiger partial charge in [-0.05, 0) is 49.2 Å². The summed E-state index contributed by atoms with van der Waals surface area (Å²) >= 11 is 0. The molecule has 1 aromatic heterocycles. The number of carbonyl (C=O) groups is 2. The lowest BCUT2D eigenvalue weighted by Crippen LogP contribution is -2.50. The molecular formula is C19H22FN3O2. The molecule has 6 heteroatoms. The second kappa shape index (κ2) is 8.37. The molecule has 5 nitrogen and oxygen atoms in total. The van der Waals surface area contributed by atoms with Crippen molar-refractivity contribution in [3.05, 3.63) is 65.7 Å². The summed E-state index contributed by atoms with van der Waals surface area (Å²) in [6.45, 7) is 5.53. The summed E-state index contributed by atoms with van der Waals surface area (Å²) < 4.78 is 13.0. The number of hydrogen-bond acceptors (Lipinski definition) is 3. The summed E-state index contributed by atoms with van der Waals surface area (Å²) in [5.74, 6) is -1.23. The predicted octanol–water partition coefficient (Wildman–Crippen LogP) is 2.85. The first kappa shape index (κ1) is 18.6. The minimum absolute atomic E-state index is 0.111. The van der Waals surface area contributed by atoms with Crippen molar-refractivity contribution >= 4 is 11.8 Å². The van der Waals surface area contributed by atoms with E-state index in [1.165, 1.54) is 24.3 Å². The third-order valence-electron chi connectivity index (χ3n) is 3.83. The largest absolute Gasteiger partial charge is 0.346 e. The Morgan fingerprint density at radius 2 is 1.68 bits per heavy atom. The van der Waals surface area contributed by atoms with E-state index in [0.717, 1.165) is 5.69 Å². The van der Waals surface area contributed by atoms with Crippen LogP contribution in [0.5, 0.6) is 0 Å². The lowest BCUT2D eigenvalue weighted by atomic mass is 10.0. The van der Waals surface area contributed by atoms with Gasteiger partial charge in [0, 0.05) is 11.8 Å². The fourth-order valence-electron chi connectivity index (χ4n) is 2.37. The van der Waals surface area contributed by atoms with Crippen molar-refractivity contribution in [2.45, 2.75) is 32.9 Å². The number of rotatable bonds is 6. The number of hydrogen-bond donors (Lipinski definition) is 2. The SMILES string of the molecule is CC(NC(=O)C(NC(=O)c1ccc(F)cc1)C(C)C)c1ccccn1. The van der Waals surface area contributed by atoms with Gasteiger partial charge in [-0.25, -0.2) is 4.39 Å². The van der Waals surface area contributed by atoms with E-state index in [-0.39, 0.29) is 17.9 Å². The van der Waals surface area contributed by atoms with Crippen LogP contribution >= 0.6 is 0 Å². The minimum atomic E-state index is -0.705. The van der Waals surface area contributed by atoms with E-state index in [4.69, 9.17) is 0 Å². The molecule has 2 rings (SSSR count). The standard InChI is InChI=1S/C19H22FN3O2/c1-12(2)17(23-18(24)14-7-9-15(20)10-8-14)19(25)22-13(3)16-6-4-5-11-21-16/h4-13,17H,1-3H3,(H,22,25)(H,23,24). The molecule has 0 radical (unpaired) electrons. The van der Waals surface area contributed by atoms with Gasteiger partial charge in [0.25, 0.3) is 5.91 Å². The van der Waals surface area contributed by atoms with Crippen LogP contribution in [0.15, 0.2) is 48.7 Å². The highest BCUT2D eigenvalue weighted by atomic mass is 19.1. The van der Waals surface area contributed by atoms with Crippen LogP contribution in [0.4, 0.5) is 4.39 Å². The lowest BCUT2D eigenvalue weighted by molar-refractivity contribution is -0.124.